The molecule has 1 amide bonds. The molecule has 0 saturated carbocycles. The Morgan fingerprint density at radius 3 is 2.48 bits per heavy atom. The average molecular weight is 335 g/mol. The van der Waals surface area contributed by atoms with Crippen molar-refractivity contribution in [2.45, 2.75) is 19.6 Å². The van der Waals surface area contributed by atoms with Gasteiger partial charge < -0.3 is 10.1 Å². The van der Waals surface area contributed by atoms with E-state index in [1.807, 2.05) is 79.3 Å². The number of amides is 1. The minimum absolute atomic E-state index is 0.135. The maximum atomic E-state index is 12.0. The fourth-order valence-electron chi connectivity index (χ4n) is 2.62. The molecule has 5 heteroatoms. The lowest BCUT2D eigenvalue weighted by Gasteiger charge is -2.15. The minimum Gasteiger partial charge on any atom is -0.445 e. The second-order valence-corrected chi connectivity index (χ2v) is 5.89. The highest BCUT2D eigenvalue weighted by atomic mass is 16.5. The molecule has 0 bridgehead atoms. The molecule has 2 aromatic carbocycles. The summed E-state index contributed by atoms with van der Waals surface area (Å²) in [7, 11) is 1.91. The fraction of sp³-hybridized carbons (Fsp3) is 0.200. The molecule has 3 aromatic rings. The third-order valence-corrected chi connectivity index (χ3v) is 4.07. The van der Waals surface area contributed by atoms with Gasteiger partial charge in [-0.25, -0.2) is 4.79 Å². The molecule has 0 radical (unpaired) electrons. The number of aromatic nitrogens is 2. The predicted molar refractivity (Wildman–Crippen MR) is 96.8 cm³/mol. The largest absolute Gasteiger partial charge is 0.445 e. The second-order valence-electron chi connectivity index (χ2n) is 5.89. The molecule has 3 rings (SSSR count). The van der Waals surface area contributed by atoms with Crippen LogP contribution >= 0.6 is 0 Å². The first-order valence-electron chi connectivity index (χ1n) is 8.19. The van der Waals surface area contributed by atoms with E-state index in [0.717, 1.165) is 22.4 Å². The lowest BCUT2D eigenvalue weighted by atomic mass is 10.0. The zero-order valence-electron chi connectivity index (χ0n) is 14.3. The van der Waals surface area contributed by atoms with Crippen LogP contribution in [-0.2, 0) is 18.4 Å². The molecular formula is C20H21N3O2. The van der Waals surface area contributed by atoms with Crippen molar-refractivity contribution in [3.8, 4) is 11.3 Å². The predicted octanol–water partition coefficient (Wildman–Crippen LogP) is 4.07. The summed E-state index contributed by atoms with van der Waals surface area (Å²) in [4.78, 5) is 12.0. The molecule has 0 spiro atoms. The first-order valence-corrected chi connectivity index (χ1v) is 8.19. The van der Waals surface area contributed by atoms with Crippen molar-refractivity contribution in [2.75, 3.05) is 0 Å². The Balaban J connectivity index is 1.56. The van der Waals surface area contributed by atoms with Crippen LogP contribution in [0.4, 0.5) is 4.79 Å². The van der Waals surface area contributed by atoms with Gasteiger partial charge in [0.15, 0.2) is 0 Å². The molecule has 5 nitrogen and oxygen atoms in total. The number of hydrogen-bond acceptors (Lipinski definition) is 3. The summed E-state index contributed by atoms with van der Waals surface area (Å²) in [5.74, 6) is 0. The van der Waals surface area contributed by atoms with Crippen molar-refractivity contribution >= 4 is 6.09 Å². The van der Waals surface area contributed by atoms with E-state index < -0.39 is 6.09 Å². The summed E-state index contributed by atoms with van der Waals surface area (Å²) >= 11 is 0. The topological polar surface area (TPSA) is 56.1 Å². The van der Waals surface area contributed by atoms with Crippen LogP contribution in [0.2, 0.25) is 0 Å². The van der Waals surface area contributed by atoms with Crippen LogP contribution in [-0.4, -0.2) is 15.9 Å². The van der Waals surface area contributed by atoms with Gasteiger partial charge in [0.05, 0.1) is 11.7 Å². The number of nitrogens with zero attached hydrogens (tertiary/aromatic N) is 2. The van der Waals surface area contributed by atoms with Gasteiger partial charge in [-0.3, -0.25) is 4.68 Å². The summed E-state index contributed by atoms with van der Waals surface area (Å²) in [5, 5.41) is 7.03. The van der Waals surface area contributed by atoms with Crippen LogP contribution in [0.1, 0.15) is 24.1 Å². The van der Waals surface area contributed by atoms with Crippen molar-refractivity contribution in [2.24, 2.45) is 7.05 Å². The van der Waals surface area contributed by atoms with Gasteiger partial charge in [-0.2, -0.15) is 5.10 Å². The number of carbonyl (C=O) groups excluding carboxylic acids is 1. The number of aryl methyl sites for hydroxylation is 1. The zero-order chi connectivity index (χ0) is 17.6. The molecule has 0 aliphatic rings. The van der Waals surface area contributed by atoms with Crippen molar-refractivity contribution in [3.63, 3.8) is 0 Å². The van der Waals surface area contributed by atoms with Gasteiger partial charge in [0, 0.05) is 13.2 Å². The van der Waals surface area contributed by atoms with Gasteiger partial charge >= 0.3 is 6.09 Å². The summed E-state index contributed by atoms with van der Waals surface area (Å²) in [6.07, 6.45) is 1.35. The number of carbonyl (C=O) groups is 1. The lowest BCUT2D eigenvalue weighted by Crippen LogP contribution is -2.27. The van der Waals surface area contributed by atoms with Crippen LogP contribution in [0.15, 0.2) is 66.9 Å². The van der Waals surface area contributed by atoms with Gasteiger partial charge in [0.25, 0.3) is 0 Å². The molecule has 1 heterocycles. The third-order valence-electron chi connectivity index (χ3n) is 4.07. The normalized spacial score (nSPS) is 11.8. The monoisotopic (exact) mass is 335 g/mol. The van der Waals surface area contributed by atoms with E-state index in [1.165, 1.54) is 0 Å². The Labute approximate surface area is 147 Å². The van der Waals surface area contributed by atoms with Crippen LogP contribution in [0.25, 0.3) is 11.3 Å². The van der Waals surface area contributed by atoms with E-state index in [0.29, 0.717) is 0 Å². The van der Waals surface area contributed by atoms with Gasteiger partial charge in [-0.15, -0.1) is 0 Å². The molecule has 128 valence electrons. The highest BCUT2D eigenvalue weighted by Gasteiger charge is 2.11. The molecular weight excluding hydrogens is 314 g/mol. The minimum atomic E-state index is -0.424. The summed E-state index contributed by atoms with van der Waals surface area (Å²) in [5.41, 5.74) is 4.12. The van der Waals surface area contributed by atoms with Crippen molar-refractivity contribution < 1.29 is 9.53 Å². The van der Waals surface area contributed by atoms with Crippen LogP contribution in [0.5, 0.6) is 0 Å². The summed E-state index contributed by atoms with van der Waals surface area (Å²) < 4.78 is 7.09. The van der Waals surface area contributed by atoms with E-state index in [9.17, 15) is 4.79 Å². The van der Waals surface area contributed by atoms with E-state index in [2.05, 4.69) is 10.4 Å². The molecule has 1 N–H and O–H groups in total. The first kappa shape index (κ1) is 16.8. The van der Waals surface area contributed by atoms with Crippen LogP contribution in [0, 0.1) is 0 Å². The number of alkyl carbamates (subject to hydrolysis) is 1. The van der Waals surface area contributed by atoms with Crippen molar-refractivity contribution in [1.29, 1.82) is 0 Å². The number of ether oxygens (including phenoxy) is 1. The van der Waals surface area contributed by atoms with Crippen molar-refractivity contribution in [3.05, 3.63) is 78.0 Å². The quantitative estimate of drug-likeness (QED) is 0.764. The zero-order valence-corrected chi connectivity index (χ0v) is 14.3. The molecule has 0 saturated heterocycles. The molecule has 0 fully saturated rings. The van der Waals surface area contributed by atoms with Crippen LogP contribution in [0.3, 0.4) is 0 Å². The highest BCUT2D eigenvalue weighted by molar-refractivity contribution is 5.68. The van der Waals surface area contributed by atoms with Crippen LogP contribution < -0.4 is 5.32 Å². The first-order chi connectivity index (χ1) is 12.1. The maximum Gasteiger partial charge on any atom is 0.407 e. The number of benzene rings is 2. The Hall–Kier alpha value is -3.08. The number of hydrogen-bond donors (Lipinski definition) is 1. The van der Waals surface area contributed by atoms with Gasteiger partial charge in [-0.05, 0) is 29.7 Å². The van der Waals surface area contributed by atoms with Crippen molar-refractivity contribution in [1.82, 2.24) is 15.1 Å². The number of rotatable bonds is 5. The smallest absolute Gasteiger partial charge is 0.407 e. The van der Waals surface area contributed by atoms with E-state index in [4.69, 9.17) is 4.74 Å². The molecule has 25 heavy (non-hydrogen) atoms. The Kier molecular flexibility index (Phi) is 5.14. The SMILES string of the molecule is C[C@H](NC(=O)OCc1ccccc1)c1ccc(-c2ccnn2C)cc1. The Morgan fingerprint density at radius 2 is 1.84 bits per heavy atom. The highest BCUT2D eigenvalue weighted by Crippen LogP contribution is 2.21. The molecule has 0 unspecified atom stereocenters. The maximum absolute atomic E-state index is 12.0. The van der Waals surface area contributed by atoms with Gasteiger partial charge in [0.2, 0.25) is 0 Å². The second kappa shape index (κ2) is 7.66. The Bertz CT molecular complexity index is 826. The average Bonchev–Trinajstić information content (AvgIpc) is 3.07. The fourth-order valence-corrected chi connectivity index (χ4v) is 2.62. The summed E-state index contributed by atoms with van der Waals surface area (Å²) in [6, 6.07) is 19.5. The van der Waals surface area contributed by atoms with Gasteiger partial charge in [-0.1, -0.05) is 54.6 Å². The van der Waals surface area contributed by atoms with E-state index in [1.54, 1.807) is 6.20 Å². The standard InChI is InChI=1S/C20H21N3O2/c1-15(22-20(24)25-14-16-6-4-3-5-7-16)17-8-10-18(11-9-17)19-12-13-21-23(19)2/h3-13,15H,14H2,1-2H3,(H,22,24)/t15-/m0/s1. The molecule has 1 atom stereocenters. The van der Waals surface area contributed by atoms with E-state index in [-0.39, 0.29) is 12.6 Å². The lowest BCUT2D eigenvalue weighted by molar-refractivity contribution is 0.136. The summed E-state index contributed by atoms with van der Waals surface area (Å²) in [6.45, 7) is 2.20. The number of nitrogens with one attached hydrogen (secondary N) is 1. The van der Waals surface area contributed by atoms with Gasteiger partial charge in [0.1, 0.15) is 6.61 Å². The van der Waals surface area contributed by atoms with E-state index >= 15 is 0 Å². The Morgan fingerprint density at radius 1 is 1.12 bits per heavy atom. The third kappa shape index (κ3) is 4.26. The molecule has 0 aliphatic carbocycles. The molecule has 0 aliphatic heterocycles. The molecule has 1 aromatic heterocycles.